The Hall–Kier alpha value is -2.15. The summed E-state index contributed by atoms with van der Waals surface area (Å²) in [4.78, 5) is 31.9. The van der Waals surface area contributed by atoms with Crippen molar-refractivity contribution in [2.24, 2.45) is 7.05 Å². The SMILES string of the molecule is Cc1cc(C(=O)N2CCOC3CCCCC32)c2c(=O)[nH]n(C)c2n1. The lowest BCUT2D eigenvalue weighted by Crippen LogP contribution is -2.54. The lowest BCUT2D eigenvalue weighted by atomic mass is 9.89. The molecule has 1 N–H and O–H groups in total. The molecule has 1 aliphatic carbocycles. The molecule has 2 fully saturated rings. The van der Waals surface area contributed by atoms with Crippen LogP contribution in [0.2, 0.25) is 0 Å². The fraction of sp³-hybridized carbons (Fsp3) is 0.588. The highest BCUT2D eigenvalue weighted by molar-refractivity contribution is 6.05. The van der Waals surface area contributed by atoms with Crippen molar-refractivity contribution in [3.05, 3.63) is 27.7 Å². The number of ether oxygens (including phenoxy) is 1. The van der Waals surface area contributed by atoms with Gasteiger partial charge in [-0.1, -0.05) is 12.8 Å². The number of rotatable bonds is 1. The Morgan fingerprint density at radius 2 is 2.17 bits per heavy atom. The number of carbonyl (C=O) groups is 1. The molecule has 7 nitrogen and oxygen atoms in total. The number of pyridine rings is 1. The van der Waals surface area contributed by atoms with Crippen LogP contribution in [0.25, 0.3) is 11.0 Å². The summed E-state index contributed by atoms with van der Waals surface area (Å²) in [6.45, 7) is 2.98. The Morgan fingerprint density at radius 3 is 3.00 bits per heavy atom. The molecule has 0 bridgehead atoms. The Kier molecular flexibility index (Phi) is 3.68. The van der Waals surface area contributed by atoms with Gasteiger partial charge in [0.05, 0.1) is 29.7 Å². The molecule has 1 saturated carbocycles. The molecule has 0 spiro atoms. The van der Waals surface area contributed by atoms with Gasteiger partial charge in [-0.15, -0.1) is 0 Å². The average Bonchev–Trinajstić information content (AvgIpc) is 2.87. The third-order valence-electron chi connectivity index (χ3n) is 5.17. The number of nitrogens with one attached hydrogen (secondary N) is 1. The van der Waals surface area contributed by atoms with Crippen LogP contribution in [0.3, 0.4) is 0 Å². The lowest BCUT2D eigenvalue weighted by Gasteiger charge is -2.43. The number of morpholine rings is 1. The number of hydrogen-bond acceptors (Lipinski definition) is 4. The minimum absolute atomic E-state index is 0.0811. The predicted molar refractivity (Wildman–Crippen MR) is 89.1 cm³/mol. The molecule has 1 aliphatic heterocycles. The summed E-state index contributed by atoms with van der Waals surface area (Å²) in [7, 11) is 1.73. The van der Waals surface area contributed by atoms with Crippen LogP contribution in [-0.2, 0) is 11.8 Å². The van der Waals surface area contributed by atoms with Gasteiger partial charge >= 0.3 is 0 Å². The summed E-state index contributed by atoms with van der Waals surface area (Å²) in [5, 5.41) is 3.08. The molecule has 2 atom stereocenters. The second-order valence-electron chi connectivity index (χ2n) is 6.77. The van der Waals surface area contributed by atoms with Crippen LogP contribution in [-0.4, -0.2) is 50.9 Å². The highest BCUT2D eigenvalue weighted by Crippen LogP contribution is 2.30. The maximum Gasteiger partial charge on any atom is 0.274 e. The molecule has 1 amide bonds. The normalized spacial score (nSPS) is 24.2. The minimum atomic E-state index is -0.267. The van der Waals surface area contributed by atoms with Gasteiger partial charge in [0, 0.05) is 19.3 Å². The van der Waals surface area contributed by atoms with Gasteiger partial charge in [0.25, 0.3) is 11.5 Å². The molecular weight excluding hydrogens is 308 g/mol. The number of fused-ring (bicyclic) bond motifs is 2. The van der Waals surface area contributed by atoms with Gasteiger partial charge in [-0.2, -0.15) is 0 Å². The fourth-order valence-corrected chi connectivity index (χ4v) is 4.06. The zero-order valence-electron chi connectivity index (χ0n) is 14.0. The quantitative estimate of drug-likeness (QED) is 0.856. The van der Waals surface area contributed by atoms with Gasteiger partial charge < -0.3 is 9.64 Å². The number of aromatic amines is 1. The number of carbonyl (C=O) groups excluding carboxylic acids is 1. The summed E-state index contributed by atoms with van der Waals surface area (Å²) in [6.07, 6.45) is 4.37. The summed E-state index contributed by atoms with van der Waals surface area (Å²) >= 11 is 0. The standard InChI is InChI=1S/C17H22N4O3/c1-10-9-11(14-15(18-10)20(2)19-16(14)22)17(23)21-7-8-24-13-6-4-3-5-12(13)21/h9,12-13H,3-8H2,1-2H3,(H,19,22). The van der Waals surface area contributed by atoms with Crippen molar-refractivity contribution in [3.63, 3.8) is 0 Å². The molecule has 7 heteroatoms. The Bertz CT molecular complexity index is 851. The van der Waals surface area contributed by atoms with E-state index in [4.69, 9.17) is 4.74 Å². The summed E-state index contributed by atoms with van der Waals surface area (Å²) < 4.78 is 7.43. The van der Waals surface area contributed by atoms with E-state index >= 15 is 0 Å². The molecule has 3 heterocycles. The van der Waals surface area contributed by atoms with E-state index in [1.165, 1.54) is 0 Å². The van der Waals surface area contributed by atoms with Crippen LogP contribution in [0.1, 0.15) is 41.7 Å². The maximum absolute atomic E-state index is 13.3. The van der Waals surface area contributed by atoms with Crippen molar-refractivity contribution in [1.29, 1.82) is 0 Å². The molecule has 24 heavy (non-hydrogen) atoms. The number of amides is 1. The topological polar surface area (TPSA) is 80.2 Å². The molecule has 2 aliphatic rings. The molecule has 0 aromatic carbocycles. The van der Waals surface area contributed by atoms with E-state index in [9.17, 15) is 9.59 Å². The van der Waals surface area contributed by atoms with Crippen LogP contribution >= 0.6 is 0 Å². The van der Waals surface area contributed by atoms with Crippen molar-refractivity contribution in [3.8, 4) is 0 Å². The molecule has 128 valence electrons. The average molecular weight is 330 g/mol. The lowest BCUT2D eigenvalue weighted by molar-refractivity contribution is -0.0752. The largest absolute Gasteiger partial charge is 0.374 e. The van der Waals surface area contributed by atoms with E-state index in [-0.39, 0.29) is 23.6 Å². The number of hydrogen-bond donors (Lipinski definition) is 1. The van der Waals surface area contributed by atoms with E-state index in [2.05, 4.69) is 10.1 Å². The van der Waals surface area contributed by atoms with Crippen LogP contribution in [0.5, 0.6) is 0 Å². The Morgan fingerprint density at radius 1 is 1.38 bits per heavy atom. The highest BCUT2D eigenvalue weighted by atomic mass is 16.5. The first kappa shape index (κ1) is 15.4. The van der Waals surface area contributed by atoms with E-state index in [0.717, 1.165) is 31.4 Å². The van der Waals surface area contributed by atoms with Gasteiger partial charge in [0.1, 0.15) is 0 Å². The van der Waals surface area contributed by atoms with Crippen molar-refractivity contribution in [1.82, 2.24) is 19.7 Å². The number of H-pyrrole nitrogens is 1. The Labute approximate surface area is 139 Å². The molecule has 2 aromatic rings. The first-order valence-corrected chi connectivity index (χ1v) is 8.55. The first-order chi connectivity index (χ1) is 11.6. The second-order valence-corrected chi connectivity index (χ2v) is 6.77. The third-order valence-corrected chi connectivity index (χ3v) is 5.17. The van der Waals surface area contributed by atoms with Crippen LogP contribution < -0.4 is 5.56 Å². The zero-order chi connectivity index (χ0) is 16.8. The molecule has 2 aromatic heterocycles. The monoisotopic (exact) mass is 330 g/mol. The van der Waals surface area contributed by atoms with Crippen LogP contribution in [0.15, 0.2) is 10.9 Å². The fourth-order valence-electron chi connectivity index (χ4n) is 4.06. The minimum Gasteiger partial charge on any atom is -0.374 e. The number of aryl methyl sites for hydroxylation is 2. The third kappa shape index (κ3) is 2.34. The predicted octanol–water partition coefficient (Wildman–Crippen LogP) is 1.35. The van der Waals surface area contributed by atoms with Gasteiger partial charge in [-0.05, 0) is 25.8 Å². The van der Waals surface area contributed by atoms with Crippen LogP contribution in [0, 0.1) is 6.92 Å². The molecule has 0 radical (unpaired) electrons. The molecule has 1 saturated heterocycles. The molecule has 2 unspecified atom stereocenters. The van der Waals surface area contributed by atoms with E-state index in [1.807, 2.05) is 11.8 Å². The van der Waals surface area contributed by atoms with E-state index in [0.29, 0.717) is 29.7 Å². The van der Waals surface area contributed by atoms with Gasteiger partial charge in [-0.25, -0.2) is 4.98 Å². The first-order valence-electron chi connectivity index (χ1n) is 8.55. The van der Waals surface area contributed by atoms with Crippen molar-refractivity contribution in [2.75, 3.05) is 13.2 Å². The van der Waals surface area contributed by atoms with E-state index < -0.39 is 0 Å². The zero-order valence-corrected chi connectivity index (χ0v) is 14.0. The number of aromatic nitrogens is 3. The summed E-state index contributed by atoms with van der Waals surface area (Å²) in [6, 6.07) is 1.85. The summed E-state index contributed by atoms with van der Waals surface area (Å²) in [5.41, 5.74) is 1.44. The number of nitrogens with zero attached hydrogens (tertiary/aromatic N) is 3. The van der Waals surface area contributed by atoms with E-state index in [1.54, 1.807) is 17.8 Å². The second kappa shape index (κ2) is 5.73. The molecular formula is C17H22N4O3. The summed E-state index contributed by atoms with van der Waals surface area (Å²) in [5.74, 6) is -0.0811. The van der Waals surface area contributed by atoms with Gasteiger partial charge in [-0.3, -0.25) is 19.4 Å². The van der Waals surface area contributed by atoms with Gasteiger partial charge in [0.15, 0.2) is 5.65 Å². The highest BCUT2D eigenvalue weighted by Gasteiger charge is 2.37. The van der Waals surface area contributed by atoms with Gasteiger partial charge in [0.2, 0.25) is 0 Å². The Balaban J connectivity index is 1.79. The van der Waals surface area contributed by atoms with Crippen molar-refractivity contribution in [2.45, 2.75) is 44.8 Å². The van der Waals surface area contributed by atoms with Crippen LogP contribution in [0.4, 0.5) is 0 Å². The maximum atomic E-state index is 13.3. The smallest absolute Gasteiger partial charge is 0.274 e. The molecule has 4 rings (SSSR count). The van der Waals surface area contributed by atoms with Crippen molar-refractivity contribution >= 4 is 16.9 Å². The van der Waals surface area contributed by atoms with Crippen molar-refractivity contribution < 1.29 is 9.53 Å².